The number of fused-ring (bicyclic) bond motifs is 1. The molecule has 1 aromatic carbocycles. The fourth-order valence-corrected chi connectivity index (χ4v) is 2.70. The molecular weight excluding hydrogens is 318 g/mol. The average Bonchev–Trinajstić information content (AvgIpc) is 3.02. The first kappa shape index (κ1) is 17.0. The molecule has 0 saturated heterocycles. The van der Waals surface area contributed by atoms with E-state index in [0.717, 1.165) is 59.1 Å². The van der Waals surface area contributed by atoms with Crippen molar-refractivity contribution in [3.8, 4) is 11.5 Å². The molecule has 0 atom stereocenters. The molecular formula is C18H23N5O2. The van der Waals surface area contributed by atoms with Crippen LogP contribution in [0.1, 0.15) is 18.3 Å². The van der Waals surface area contributed by atoms with Gasteiger partial charge in [0.05, 0.1) is 25.8 Å². The molecule has 0 unspecified atom stereocenters. The van der Waals surface area contributed by atoms with E-state index in [1.807, 2.05) is 32.2 Å². The van der Waals surface area contributed by atoms with Crippen molar-refractivity contribution in [2.24, 2.45) is 7.05 Å². The van der Waals surface area contributed by atoms with E-state index in [9.17, 15) is 0 Å². The van der Waals surface area contributed by atoms with Gasteiger partial charge in [-0.15, -0.1) is 0 Å². The Hall–Kier alpha value is -2.83. The molecule has 0 aliphatic carbocycles. The number of benzene rings is 1. The van der Waals surface area contributed by atoms with E-state index in [0.29, 0.717) is 0 Å². The minimum Gasteiger partial charge on any atom is -0.497 e. The van der Waals surface area contributed by atoms with Crippen molar-refractivity contribution >= 4 is 16.9 Å². The molecule has 0 saturated carbocycles. The first-order valence-corrected chi connectivity index (χ1v) is 8.29. The zero-order chi connectivity index (χ0) is 17.8. The van der Waals surface area contributed by atoms with Crippen LogP contribution in [-0.4, -0.2) is 40.5 Å². The van der Waals surface area contributed by atoms with E-state index in [-0.39, 0.29) is 0 Å². The van der Waals surface area contributed by atoms with Gasteiger partial charge in [-0.2, -0.15) is 5.10 Å². The molecule has 3 rings (SSSR count). The standard InChI is InChI=1S/C18H23N5O2/c1-5-16-21-17(15-11-20-23(2)18(15)22-16)19-7-6-12-8-13(24-3)10-14(9-12)25-4/h8-11H,5-7H2,1-4H3,(H,19,21,22). The zero-order valence-corrected chi connectivity index (χ0v) is 15.0. The lowest BCUT2D eigenvalue weighted by Gasteiger charge is -2.10. The summed E-state index contributed by atoms with van der Waals surface area (Å²) in [4.78, 5) is 9.15. The van der Waals surface area contributed by atoms with Crippen LogP contribution >= 0.6 is 0 Å². The van der Waals surface area contributed by atoms with Crippen molar-refractivity contribution in [2.45, 2.75) is 19.8 Å². The van der Waals surface area contributed by atoms with E-state index in [2.05, 4.69) is 20.4 Å². The Kier molecular flexibility index (Phi) is 5.02. The summed E-state index contributed by atoms with van der Waals surface area (Å²) in [5, 5.41) is 8.63. The maximum atomic E-state index is 5.32. The zero-order valence-electron chi connectivity index (χ0n) is 15.0. The Balaban J connectivity index is 1.77. The van der Waals surface area contributed by atoms with Gasteiger partial charge in [0.2, 0.25) is 0 Å². The number of ether oxygens (including phenoxy) is 2. The van der Waals surface area contributed by atoms with Gasteiger partial charge in [-0.25, -0.2) is 9.97 Å². The minimum atomic E-state index is 0.737. The van der Waals surface area contributed by atoms with Crippen LogP contribution in [0.2, 0.25) is 0 Å². The van der Waals surface area contributed by atoms with Gasteiger partial charge in [0, 0.05) is 26.1 Å². The Morgan fingerprint density at radius 1 is 1.08 bits per heavy atom. The summed E-state index contributed by atoms with van der Waals surface area (Å²) >= 11 is 0. The van der Waals surface area contributed by atoms with Gasteiger partial charge in [-0.05, 0) is 24.1 Å². The highest BCUT2D eigenvalue weighted by atomic mass is 16.5. The number of hydrogen-bond acceptors (Lipinski definition) is 6. The number of rotatable bonds is 7. The summed E-state index contributed by atoms with van der Waals surface area (Å²) in [5.74, 6) is 3.21. The highest BCUT2D eigenvalue weighted by Crippen LogP contribution is 2.23. The van der Waals surface area contributed by atoms with E-state index < -0.39 is 0 Å². The van der Waals surface area contributed by atoms with Crippen molar-refractivity contribution in [2.75, 3.05) is 26.1 Å². The van der Waals surface area contributed by atoms with Crippen LogP contribution in [0.5, 0.6) is 11.5 Å². The smallest absolute Gasteiger partial charge is 0.163 e. The van der Waals surface area contributed by atoms with Gasteiger partial charge < -0.3 is 14.8 Å². The van der Waals surface area contributed by atoms with Crippen LogP contribution in [0.25, 0.3) is 11.0 Å². The predicted octanol–water partition coefficient (Wildman–Crippen LogP) is 2.60. The van der Waals surface area contributed by atoms with Crippen molar-refractivity contribution in [3.05, 3.63) is 35.8 Å². The third-order valence-corrected chi connectivity index (χ3v) is 4.07. The highest BCUT2D eigenvalue weighted by Gasteiger charge is 2.10. The summed E-state index contributed by atoms with van der Waals surface area (Å²) in [6.45, 7) is 2.78. The Morgan fingerprint density at radius 3 is 2.44 bits per heavy atom. The molecule has 0 fully saturated rings. The first-order chi connectivity index (χ1) is 12.1. The molecule has 0 aliphatic rings. The molecule has 7 heteroatoms. The third kappa shape index (κ3) is 3.65. The summed E-state index contributed by atoms with van der Waals surface area (Å²) in [6, 6.07) is 5.90. The molecule has 7 nitrogen and oxygen atoms in total. The number of aromatic nitrogens is 4. The molecule has 0 radical (unpaired) electrons. The van der Waals surface area contributed by atoms with Crippen molar-refractivity contribution < 1.29 is 9.47 Å². The molecule has 132 valence electrons. The van der Waals surface area contributed by atoms with Gasteiger partial charge in [-0.1, -0.05) is 6.92 Å². The molecule has 0 amide bonds. The third-order valence-electron chi connectivity index (χ3n) is 4.07. The lowest BCUT2D eigenvalue weighted by molar-refractivity contribution is 0.393. The van der Waals surface area contributed by atoms with E-state index in [1.165, 1.54) is 0 Å². The molecule has 0 bridgehead atoms. The number of hydrogen-bond donors (Lipinski definition) is 1. The largest absolute Gasteiger partial charge is 0.497 e. The normalized spacial score (nSPS) is 10.9. The second-order valence-corrected chi connectivity index (χ2v) is 5.75. The first-order valence-electron chi connectivity index (χ1n) is 8.29. The molecule has 1 N–H and O–H groups in total. The van der Waals surface area contributed by atoms with Crippen LogP contribution < -0.4 is 14.8 Å². The SMILES string of the molecule is CCc1nc(NCCc2cc(OC)cc(OC)c2)c2cnn(C)c2n1. The van der Waals surface area contributed by atoms with Gasteiger partial charge in [-0.3, -0.25) is 4.68 Å². The Labute approximate surface area is 147 Å². The van der Waals surface area contributed by atoms with Crippen LogP contribution in [0, 0.1) is 0 Å². The van der Waals surface area contributed by atoms with Crippen molar-refractivity contribution in [1.82, 2.24) is 19.7 Å². The Morgan fingerprint density at radius 2 is 1.80 bits per heavy atom. The predicted molar refractivity (Wildman–Crippen MR) is 97.4 cm³/mol. The van der Waals surface area contributed by atoms with Crippen LogP contribution in [0.15, 0.2) is 24.4 Å². The highest BCUT2D eigenvalue weighted by molar-refractivity contribution is 5.86. The quantitative estimate of drug-likeness (QED) is 0.712. The summed E-state index contributed by atoms with van der Waals surface area (Å²) in [5.41, 5.74) is 1.98. The summed E-state index contributed by atoms with van der Waals surface area (Å²) < 4.78 is 12.4. The molecule has 25 heavy (non-hydrogen) atoms. The van der Waals surface area contributed by atoms with Crippen LogP contribution in [0.3, 0.4) is 0 Å². The number of anilines is 1. The van der Waals surface area contributed by atoms with Gasteiger partial charge in [0.15, 0.2) is 5.65 Å². The lowest BCUT2D eigenvalue weighted by Crippen LogP contribution is -2.09. The van der Waals surface area contributed by atoms with Crippen LogP contribution in [0.4, 0.5) is 5.82 Å². The lowest BCUT2D eigenvalue weighted by atomic mass is 10.1. The molecule has 2 aromatic heterocycles. The second-order valence-electron chi connectivity index (χ2n) is 5.75. The molecule has 3 aromatic rings. The molecule has 0 aliphatic heterocycles. The van der Waals surface area contributed by atoms with Crippen molar-refractivity contribution in [1.29, 1.82) is 0 Å². The average molecular weight is 341 g/mol. The number of aryl methyl sites for hydroxylation is 2. The van der Waals surface area contributed by atoms with Gasteiger partial charge in [0.25, 0.3) is 0 Å². The maximum Gasteiger partial charge on any atom is 0.163 e. The maximum absolute atomic E-state index is 5.32. The van der Waals surface area contributed by atoms with Crippen molar-refractivity contribution in [3.63, 3.8) is 0 Å². The van der Waals surface area contributed by atoms with E-state index >= 15 is 0 Å². The minimum absolute atomic E-state index is 0.737. The van der Waals surface area contributed by atoms with Gasteiger partial charge >= 0.3 is 0 Å². The van der Waals surface area contributed by atoms with E-state index in [1.54, 1.807) is 25.1 Å². The molecule has 0 spiro atoms. The summed E-state index contributed by atoms with van der Waals surface area (Å²) in [7, 11) is 5.20. The number of nitrogens with one attached hydrogen (secondary N) is 1. The number of nitrogens with zero attached hydrogens (tertiary/aromatic N) is 4. The second kappa shape index (κ2) is 7.38. The topological polar surface area (TPSA) is 74.1 Å². The fraction of sp³-hybridized carbons (Fsp3) is 0.389. The van der Waals surface area contributed by atoms with E-state index in [4.69, 9.17) is 9.47 Å². The monoisotopic (exact) mass is 341 g/mol. The van der Waals surface area contributed by atoms with Crippen LogP contribution in [-0.2, 0) is 19.9 Å². The fourth-order valence-electron chi connectivity index (χ4n) is 2.70. The number of methoxy groups -OCH3 is 2. The molecule has 2 heterocycles. The summed E-state index contributed by atoms with van der Waals surface area (Å²) in [6.07, 6.45) is 3.40. The Bertz CT molecular complexity index is 853. The van der Waals surface area contributed by atoms with Gasteiger partial charge in [0.1, 0.15) is 23.1 Å².